The third-order valence-corrected chi connectivity index (χ3v) is 6.38. The number of rotatable bonds is 2. The van der Waals surface area contributed by atoms with E-state index in [2.05, 4.69) is 46.8 Å². The highest BCUT2D eigenvalue weighted by molar-refractivity contribution is 6.07. The SMILES string of the molecule is CC1C(C)(C)c2ccc(C3=CC(=C=O)CC=C3C(=O)O)cc2C1(C)C. The first-order valence-electron chi connectivity index (χ1n) is 8.65. The molecule has 1 unspecified atom stereocenters. The second kappa shape index (κ2) is 5.57. The number of benzene rings is 1. The number of aliphatic carboxylic acids is 1. The van der Waals surface area contributed by atoms with Gasteiger partial charge in [0.15, 0.2) is 0 Å². The van der Waals surface area contributed by atoms with E-state index in [1.54, 1.807) is 12.2 Å². The molecule has 0 spiro atoms. The second-order valence-corrected chi connectivity index (χ2v) is 8.24. The van der Waals surface area contributed by atoms with Crippen molar-refractivity contribution in [1.82, 2.24) is 0 Å². The quantitative estimate of drug-likeness (QED) is 0.812. The van der Waals surface area contributed by atoms with Crippen LogP contribution in [0.15, 0.2) is 41.5 Å². The molecule has 0 amide bonds. The summed E-state index contributed by atoms with van der Waals surface area (Å²) >= 11 is 0. The molecule has 0 saturated heterocycles. The molecule has 25 heavy (non-hydrogen) atoms. The zero-order valence-corrected chi connectivity index (χ0v) is 15.4. The van der Waals surface area contributed by atoms with Gasteiger partial charge in [0, 0.05) is 12.0 Å². The maximum absolute atomic E-state index is 11.6. The van der Waals surface area contributed by atoms with E-state index in [0.717, 1.165) is 5.56 Å². The molecule has 3 nitrogen and oxygen atoms in total. The fourth-order valence-electron chi connectivity index (χ4n) is 4.32. The van der Waals surface area contributed by atoms with Crippen LogP contribution in [0, 0.1) is 5.92 Å². The van der Waals surface area contributed by atoms with Crippen molar-refractivity contribution in [2.24, 2.45) is 5.92 Å². The molecular weight excluding hydrogens is 312 g/mol. The number of carbonyl (C=O) groups is 1. The highest BCUT2D eigenvalue weighted by Crippen LogP contribution is 2.54. The van der Waals surface area contributed by atoms with Gasteiger partial charge in [0.2, 0.25) is 0 Å². The summed E-state index contributed by atoms with van der Waals surface area (Å²) in [4.78, 5) is 22.7. The zero-order valence-electron chi connectivity index (χ0n) is 15.4. The van der Waals surface area contributed by atoms with Crippen molar-refractivity contribution in [2.75, 3.05) is 0 Å². The van der Waals surface area contributed by atoms with E-state index >= 15 is 0 Å². The third kappa shape index (κ3) is 2.51. The Morgan fingerprint density at radius 3 is 2.40 bits per heavy atom. The van der Waals surface area contributed by atoms with E-state index in [1.807, 2.05) is 12.0 Å². The van der Waals surface area contributed by atoms with Crippen LogP contribution in [0.1, 0.15) is 57.7 Å². The minimum atomic E-state index is -0.968. The maximum Gasteiger partial charge on any atom is 0.336 e. The Morgan fingerprint density at radius 2 is 1.80 bits per heavy atom. The van der Waals surface area contributed by atoms with Gasteiger partial charge < -0.3 is 5.11 Å². The maximum atomic E-state index is 11.6. The van der Waals surface area contributed by atoms with Crippen molar-refractivity contribution < 1.29 is 14.7 Å². The minimum Gasteiger partial charge on any atom is -0.478 e. The van der Waals surface area contributed by atoms with Gasteiger partial charge in [-0.15, -0.1) is 0 Å². The van der Waals surface area contributed by atoms with Gasteiger partial charge >= 0.3 is 5.97 Å². The number of carboxylic acids is 1. The Labute approximate surface area is 148 Å². The van der Waals surface area contributed by atoms with Crippen LogP contribution in [-0.2, 0) is 20.4 Å². The van der Waals surface area contributed by atoms with Gasteiger partial charge in [0.25, 0.3) is 0 Å². The molecule has 1 aromatic rings. The topological polar surface area (TPSA) is 54.4 Å². The van der Waals surface area contributed by atoms with E-state index in [9.17, 15) is 14.7 Å². The largest absolute Gasteiger partial charge is 0.478 e. The molecule has 3 heteroatoms. The molecule has 1 atom stereocenters. The lowest BCUT2D eigenvalue weighted by molar-refractivity contribution is -0.132. The normalized spacial score (nSPS) is 23.4. The molecule has 0 fully saturated rings. The average Bonchev–Trinajstić information content (AvgIpc) is 2.72. The number of carboxylic acid groups (broad SMARTS) is 1. The van der Waals surface area contributed by atoms with Gasteiger partial charge in [0.05, 0.1) is 5.57 Å². The summed E-state index contributed by atoms with van der Waals surface area (Å²) in [5, 5.41) is 9.53. The smallest absolute Gasteiger partial charge is 0.336 e. The Kier molecular flexibility index (Phi) is 3.89. The lowest BCUT2D eigenvalue weighted by Crippen LogP contribution is -2.30. The van der Waals surface area contributed by atoms with E-state index in [1.165, 1.54) is 11.1 Å². The van der Waals surface area contributed by atoms with Crippen molar-refractivity contribution >= 4 is 17.5 Å². The van der Waals surface area contributed by atoms with Crippen LogP contribution in [0.3, 0.4) is 0 Å². The summed E-state index contributed by atoms with van der Waals surface area (Å²) < 4.78 is 0. The summed E-state index contributed by atoms with van der Waals surface area (Å²) in [7, 11) is 0. The van der Waals surface area contributed by atoms with Gasteiger partial charge in [-0.1, -0.05) is 58.9 Å². The molecular formula is C22H24O3. The standard InChI is InChI=1S/C22H24O3/c1-13-21(2,3)18-9-7-15(11-19(18)22(13,4)5)17-10-14(12-23)6-8-16(17)20(24)25/h7-11,13H,6H2,1-5H3,(H,24,25). The van der Waals surface area contributed by atoms with Crippen LogP contribution in [-0.4, -0.2) is 17.0 Å². The lowest BCUT2D eigenvalue weighted by Gasteiger charge is -2.32. The van der Waals surface area contributed by atoms with Crippen molar-refractivity contribution in [2.45, 2.75) is 51.9 Å². The van der Waals surface area contributed by atoms with E-state index in [0.29, 0.717) is 23.5 Å². The van der Waals surface area contributed by atoms with E-state index in [4.69, 9.17) is 0 Å². The van der Waals surface area contributed by atoms with Gasteiger partial charge in [-0.3, -0.25) is 0 Å². The first-order valence-corrected chi connectivity index (χ1v) is 8.65. The van der Waals surface area contributed by atoms with Crippen LogP contribution in [0.2, 0.25) is 0 Å². The fourth-order valence-corrected chi connectivity index (χ4v) is 4.32. The highest BCUT2D eigenvalue weighted by Gasteiger charge is 2.48. The van der Waals surface area contributed by atoms with Crippen LogP contribution in [0.4, 0.5) is 0 Å². The Hall–Kier alpha value is -2.38. The zero-order chi connectivity index (χ0) is 18.6. The van der Waals surface area contributed by atoms with Crippen molar-refractivity contribution in [1.29, 1.82) is 0 Å². The van der Waals surface area contributed by atoms with E-state index in [-0.39, 0.29) is 16.4 Å². The predicted octanol–water partition coefficient (Wildman–Crippen LogP) is 4.45. The molecule has 130 valence electrons. The van der Waals surface area contributed by atoms with Crippen LogP contribution in [0.5, 0.6) is 0 Å². The Balaban J connectivity index is 2.19. The molecule has 0 radical (unpaired) electrons. The van der Waals surface area contributed by atoms with Gasteiger partial charge in [-0.25, -0.2) is 9.59 Å². The number of hydrogen-bond acceptors (Lipinski definition) is 2. The molecule has 0 heterocycles. The van der Waals surface area contributed by atoms with Gasteiger partial charge in [0.1, 0.15) is 5.94 Å². The Morgan fingerprint density at radius 1 is 1.16 bits per heavy atom. The molecule has 1 N–H and O–H groups in total. The predicted molar refractivity (Wildman–Crippen MR) is 99.2 cm³/mol. The van der Waals surface area contributed by atoms with Crippen LogP contribution >= 0.6 is 0 Å². The fraction of sp³-hybridized carbons (Fsp3) is 0.409. The second-order valence-electron chi connectivity index (χ2n) is 8.24. The number of hydrogen-bond donors (Lipinski definition) is 1. The number of fused-ring (bicyclic) bond motifs is 1. The van der Waals surface area contributed by atoms with Gasteiger partial charge in [-0.2, -0.15) is 0 Å². The summed E-state index contributed by atoms with van der Waals surface area (Å²) in [5.74, 6) is 1.40. The van der Waals surface area contributed by atoms with E-state index < -0.39 is 5.97 Å². The first-order chi connectivity index (χ1) is 11.6. The molecule has 0 aromatic heterocycles. The lowest BCUT2D eigenvalue weighted by atomic mass is 9.71. The van der Waals surface area contributed by atoms with Crippen molar-refractivity contribution in [3.8, 4) is 0 Å². The summed E-state index contributed by atoms with van der Waals surface area (Å²) in [6.07, 6.45) is 3.58. The monoisotopic (exact) mass is 336 g/mol. The van der Waals surface area contributed by atoms with Gasteiger partial charge in [-0.05, 0) is 45.1 Å². The Bertz CT molecular complexity index is 875. The van der Waals surface area contributed by atoms with Crippen LogP contribution < -0.4 is 0 Å². The van der Waals surface area contributed by atoms with Crippen molar-refractivity contribution in [3.63, 3.8) is 0 Å². The first kappa shape index (κ1) is 17.4. The minimum absolute atomic E-state index is 0.000496. The summed E-state index contributed by atoms with van der Waals surface area (Å²) in [6.45, 7) is 11.3. The molecule has 2 aliphatic carbocycles. The third-order valence-electron chi connectivity index (χ3n) is 6.38. The highest BCUT2D eigenvalue weighted by atomic mass is 16.4. The summed E-state index contributed by atoms with van der Waals surface area (Å²) in [5.41, 5.74) is 4.81. The van der Waals surface area contributed by atoms with Crippen LogP contribution in [0.25, 0.3) is 5.57 Å². The summed E-state index contributed by atoms with van der Waals surface area (Å²) in [6, 6.07) is 6.21. The molecule has 1 aromatic carbocycles. The van der Waals surface area contributed by atoms with Crippen molar-refractivity contribution in [3.05, 3.63) is 58.2 Å². The molecule has 2 aliphatic rings. The molecule has 0 aliphatic heterocycles. The molecule has 3 rings (SSSR count). The number of carbonyl (C=O) groups excluding carboxylic acids is 1. The average molecular weight is 336 g/mol. The number of allylic oxidation sites excluding steroid dienone is 3. The molecule has 0 bridgehead atoms. The molecule has 0 saturated carbocycles.